The number of aliphatic hydroxyl groups is 1. The third-order valence-corrected chi connectivity index (χ3v) is 3.69. The summed E-state index contributed by atoms with van der Waals surface area (Å²) in [6.07, 6.45) is 0.415. The van der Waals surface area contributed by atoms with E-state index in [1.54, 1.807) is 13.0 Å². The molecule has 3 aromatic rings. The number of nitrogens with zero attached hydrogens (tertiary/aromatic N) is 3. The summed E-state index contributed by atoms with van der Waals surface area (Å²) in [4.78, 5) is 31.7. The fourth-order valence-corrected chi connectivity index (χ4v) is 2.46. The first-order chi connectivity index (χ1) is 11.0. The van der Waals surface area contributed by atoms with Crippen LogP contribution in [0, 0.1) is 5.82 Å². The van der Waals surface area contributed by atoms with E-state index >= 15 is 0 Å². The Morgan fingerprint density at radius 3 is 2.78 bits per heavy atom. The van der Waals surface area contributed by atoms with Crippen LogP contribution in [0.5, 0.6) is 0 Å². The largest absolute Gasteiger partial charge is 0.373 e. The minimum atomic E-state index is -1.12. The first-order valence-electron chi connectivity index (χ1n) is 7.14. The van der Waals surface area contributed by atoms with Crippen LogP contribution in [0.2, 0.25) is 0 Å². The maximum Gasteiger partial charge on any atom is 0.335 e. The molecule has 1 atom stereocenters. The van der Waals surface area contributed by atoms with E-state index in [1.807, 2.05) is 0 Å². The molecule has 0 saturated carbocycles. The third kappa shape index (κ3) is 2.46. The molecule has 2 aromatic heterocycles. The lowest BCUT2D eigenvalue weighted by Crippen LogP contribution is -2.42. The van der Waals surface area contributed by atoms with Crippen LogP contribution in [0.4, 0.5) is 4.39 Å². The summed E-state index contributed by atoms with van der Waals surface area (Å²) in [6, 6.07) is 5.91. The molecule has 3 rings (SSSR count). The van der Waals surface area contributed by atoms with E-state index < -0.39 is 23.3 Å². The highest BCUT2D eigenvalue weighted by Crippen LogP contribution is 2.11. The first kappa shape index (κ1) is 15.2. The standard InChI is InChI=1S/C15H15FN4O3/c1-2-11(21)20-13-12(17-8-18-13)14(22)19(15(20)23)7-9-5-3-4-6-10(9)16/h3-6,8,11,21H,2,7H2,1H3,(H,17,18). The SMILES string of the molecule is CCC(O)n1c(=O)n(Cc2ccccc2F)c(=O)c2[nH]cnc21. The number of imidazole rings is 1. The highest BCUT2D eigenvalue weighted by atomic mass is 19.1. The summed E-state index contributed by atoms with van der Waals surface area (Å²) in [5.41, 5.74) is -0.951. The number of benzene rings is 1. The van der Waals surface area contributed by atoms with Gasteiger partial charge in [-0.3, -0.25) is 9.36 Å². The summed E-state index contributed by atoms with van der Waals surface area (Å²) in [6.45, 7) is 1.47. The highest BCUT2D eigenvalue weighted by molar-refractivity contribution is 5.68. The van der Waals surface area contributed by atoms with Crippen LogP contribution >= 0.6 is 0 Å². The number of aromatic nitrogens is 4. The lowest BCUT2D eigenvalue weighted by Gasteiger charge is -2.15. The Hall–Kier alpha value is -2.74. The van der Waals surface area contributed by atoms with Crippen LogP contribution in [0.3, 0.4) is 0 Å². The number of halogens is 1. The summed E-state index contributed by atoms with van der Waals surface area (Å²) in [5.74, 6) is -0.508. The van der Waals surface area contributed by atoms with Gasteiger partial charge < -0.3 is 10.1 Å². The molecule has 0 bridgehead atoms. The molecule has 0 spiro atoms. The molecule has 0 fully saturated rings. The van der Waals surface area contributed by atoms with Crippen LogP contribution in [0.15, 0.2) is 40.2 Å². The van der Waals surface area contributed by atoms with Crippen molar-refractivity contribution >= 4 is 11.2 Å². The quantitative estimate of drug-likeness (QED) is 0.750. The van der Waals surface area contributed by atoms with Crippen molar-refractivity contribution in [3.8, 4) is 0 Å². The zero-order chi connectivity index (χ0) is 16.6. The zero-order valence-electron chi connectivity index (χ0n) is 12.4. The van der Waals surface area contributed by atoms with Crippen molar-refractivity contribution in [1.82, 2.24) is 19.1 Å². The Kier molecular flexibility index (Phi) is 3.83. The van der Waals surface area contributed by atoms with E-state index in [2.05, 4.69) is 9.97 Å². The van der Waals surface area contributed by atoms with Gasteiger partial charge in [0.15, 0.2) is 5.65 Å². The molecule has 2 heterocycles. The van der Waals surface area contributed by atoms with E-state index in [1.165, 1.54) is 24.5 Å². The molecular formula is C15H15FN4O3. The Labute approximate surface area is 129 Å². The number of aromatic amines is 1. The second-order valence-electron chi connectivity index (χ2n) is 5.13. The maximum atomic E-state index is 13.8. The van der Waals surface area contributed by atoms with Crippen molar-refractivity contribution in [1.29, 1.82) is 0 Å². The monoisotopic (exact) mass is 318 g/mol. The Bertz CT molecular complexity index is 973. The molecule has 1 aromatic carbocycles. The Morgan fingerprint density at radius 2 is 2.09 bits per heavy atom. The van der Waals surface area contributed by atoms with E-state index in [-0.39, 0.29) is 29.7 Å². The fourth-order valence-electron chi connectivity index (χ4n) is 2.46. The first-order valence-corrected chi connectivity index (χ1v) is 7.14. The second kappa shape index (κ2) is 5.81. The van der Waals surface area contributed by atoms with Crippen LogP contribution in [0.1, 0.15) is 25.1 Å². The topological polar surface area (TPSA) is 92.9 Å². The van der Waals surface area contributed by atoms with E-state index in [0.29, 0.717) is 0 Å². The molecule has 8 heteroatoms. The molecule has 23 heavy (non-hydrogen) atoms. The smallest absolute Gasteiger partial charge is 0.335 e. The van der Waals surface area contributed by atoms with Gasteiger partial charge in [-0.15, -0.1) is 0 Å². The van der Waals surface area contributed by atoms with E-state index in [9.17, 15) is 19.1 Å². The maximum absolute atomic E-state index is 13.8. The third-order valence-electron chi connectivity index (χ3n) is 3.69. The van der Waals surface area contributed by atoms with E-state index in [0.717, 1.165) is 9.13 Å². The van der Waals surface area contributed by atoms with Crippen LogP contribution in [-0.4, -0.2) is 24.2 Å². The molecule has 0 aliphatic carbocycles. The number of nitrogens with one attached hydrogen (secondary N) is 1. The average Bonchev–Trinajstić information content (AvgIpc) is 3.02. The summed E-state index contributed by atoms with van der Waals surface area (Å²) in [5, 5.41) is 10.1. The number of H-pyrrole nitrogens is 1. The molecule has 0 saturated heterocycles. The minimum Gasteiger partial charge on any atom is -0.373 e. The van der Waals surface area contributed by atoms with Gasteiger partial charge in [-0.2, -0.15) is 0 Å². The zero-order valence-corrected chi connectivity index (χ0v) is 12.4. The molecule has 0 aliphatic heterocycles. The van der Waals surface area contributed by atoms with Gasteiger partial charge >= 0.3 is 5.69 Å². The van der Waals surface area contributed by atoms with E-state index in [4.69, 9.17) is 0 Å². The van der Waals surface area contributed by atoms with Gasteiger partial charge in [0.25, 0.3) is 5.56 Å². The molecular weight excluding hydrogens is 303 g/mol. The number of aliphatic hydroxyl groups excluding tert-OH is 1. The average molecular weight is 318 g/mol. The number of hydrogen-bond acceptors (Lipinski definition) is 4. The Morgan fingerprint density at radius 1 is 1.35 bits per heavy atom. The molecule has 0 amide bonds. The van der Waals surface area contributed by atoms with Gasteiger partial charge in [-0.25, -0.2) is 18.7 Å². The van der Waals surface area contributed by atoms with Gasteiger partial charge in [0.1, 0.15) is 17.6 Å². The van der Waals surface area contributed by atoms with Gasteiger partial charge in [-0.05, 0) is 12.5 Å². The lowest BCUT2D eigenvalue weighted by molar-refractivity contribution is 0.0973. The van der Waals surface area contributed by atoms with Gasteiger partial charge in [-0.1, -0.05) is 25.1 Å². The number of hydrogen-bond donors (Lipinski definition) is 2. The predicted octanol–water partition coefficient (Wildman–Crippen LogP) is 0.975. The summed E-state index contributed by atoms with van der Waals surface area (Å²) < 4.78 is 15.7. The number of rotatable bonds is 4. The molecule has 0 aliphatic rings. The van der Waals surface area contributed by atoms with Crippen LogP contribution in [0.25, 0.3) is 11.2 Å². The highest BCUT2D eigenvalue weighted by Gasteiger charge is 2.19. The molecule has 1 unspecified atom stereocenters. The molecule has 7 nitrogen and oxygen atoms in total. The van der Waals surface area contributed by atoms with Crippen molar-refractivity contribution in [3.63, 3.8) is 0 Å². The van der Waals surface area contributed by atoms with Crippen molar-refractivity contribution in [3.05, 3.63) is 62.8 Å². The van der Waals surface area contributed by atoms with Crippen molar-refractivity contribution in [2.45, 2.75) is 26.1 Å². The number of fused-ring (bicyclic) bond motifs is 1. The van der Waals surface area contributed by atoms with Crippen molar-refractivity contribution < 1.29 is 9.50 Å². The lowest BCUT2D eigenvalue weighted by atomic mass is 10.2. The summed E-state index contributed by atoms with van der Waals surface area (Å²) in [7, 11) is 0. The fraction of sp³-hybridized carbons (Fsp3) is 0.267. The normalized spacial score (nSPS) is 12.7. The van der Waals surface area contributed by atoms with Crippen molar-refractivity contribution in [2.75, 3.05) is 0 Å². The molecule has 120 valence electrons. The van der Waals surface area contributed by atoms with Crippen LogP contribution < -0.4 is 11.2 Å². The molecule has 0 radical (unpaired) electrons. The predicted molar refractivity (Wildman–Crippen MR) is 81.7 cm³/mol. The van der Waals surface area contributed by atoms with Crippen LogP contribution in [-0.2, 0) is 6.54 Å². The second-order valence-corrected chi connectivity index (χ2v) is 5.13. The Balaban J connectivity index is 2.27. The van der Waals surface area contributed by atoms with Gasteiger partial charge in [0.05, 0.1) is 12.9 Å². The summed E-state index contributed by atoms with van der Waals surface area (Å²) >= 11 is 0. The molecule has 2 N–H and O–H groups in total. The van der Waals surface area contributed by atoms with Gasteiger partial charge in [0.2, 0.25) is 0 Å². The minimum absolute atomic E-state index is 0.0825. The van der Waals surface area contributed by atoms with Gasteiger partial charge in [0, 0.05) is 5.56 Å². The van der Waals surface area contributed by atoms with Crippen molar-refractivity contribution in [2.24, 2.45) is 0 Å².